The summed E-state index contributed by atoms with van der Waals surface area (Å²) in [7, 11) is 0. The van der Waals surface area contributed by atoms with E-state index in [9.17, 15) is 9.59 Å². The first-order valence-corrected chi connectivity index (χ1v) is 7.73. The molecule has 1 amide bonds. The van der Waals surface area contributed by atoms with Crippen molar-refractivity contribution in [1.29, 1.82) is 0 Å². The van der Waals surface area contributed by atoms with Gasteiger partial charge in [0.1, 0.15) is 0 Å². The summed E-state index contributed by atoms with van der Waals surface area (Å²) in [5.41, 5.74) is 0.786. The predicted molar refractivity (Wildman–Crippen MR) is 86.1 cm³/mol. The summed E-state index contributed by atoms with van der Waals surface area (Å²) in [5.74, 6) is -1.02. The number of carbonyl (C=O) groups excluding carboxylic acids is 1. The van der Waals surface area contributed by atoms with Gasteiger partial charge in [-0.3, -0.25) is 9.59 Å². The molecule has 0 bridgehead atoms. The second kappa shape index (κ2) is 7.59. The molecular weight excluding hydrogens is 334 g/mol. The average molecular weight is 356 g/mol. The molecule has 0 aliphatic carbocycles. The number of hydrogen-bond acceptors (Lipinski definition) is 2. The molecular formula is C16H22BrNO3. The van der Waals surface area contributed by atoms with E-state index in [0.717, 1.165) is 10.0 Å². The van der Waals surface area contributed by atoms with Crippen LogP contribution in [0.15, 0.2) is 28.7 Å². The zero-order valence-electron chi connectivity index (χ0n) is 12.6. The van der Waals surface area contributed by atoms with Crippen molar-refractivity contribution in [1.82, 2.24) is 5.32 Å². The number of halogens is 1. The minimum absolute atomic E-state index is 0.0634. The first-order chi connectivity index (χ1) is 9.68. The minimum Gasteiger partial charge on any atom is -0.481 e. The van der Waals surface area contributed by atoms with E-state index >= 15 is 0 Å². The molecule has 116 valence electrons. The van der Waals surface area contributed by atoms with Gasteiger partial charge in [-0.25, -0.2) is 0 Å². The molecule has 0 spiro atoms. The molecule has 21 heavy (non-hydrogen) atoms. The maximum atomic E-state index is 12.0. The predicted octanol–water partition coefficient (Wildman–Crippen LogP) is 3.39. The summed E-state index contributed by atoms with van der Waals surface area (Å²) in [6.45, 7) is 5.78. The highest BCUT2D eigenvalue weighted by Crippen LogP contribution is 2.22. The number of aryl methyl sites for hydroxylation is 1. The molecule has 0 aliphatic rings. The monoisotopic (exact) mass is 355 g/mol. The van der Waals surface area contributed by atoms with Crippen molar-refractivity contribution in [2.24, 2.45) is 5.41 Å². The van der Waals surface area contributed by atoms with Gasteiger partial charge in [-0.2, -0.15) is 0 Å². The lowest BCUT2D eigenvalue weighted by atomic mass is 9.84. The number of carboxylic acid groups (broad SMARTS) is 1. The highest BCUT2D eigenvalue weighted by atomic mass is 79.9. The van der Waals surface area contributed by atoms with Crippen LogP contribution in [0, 0.1) is 5.41 Å². The van der Waals surface area contributed by atoms with Crippen LogP contribution in [0.25, 0.3) is 0 Å². The quantitative estimate of drug-likeness (QED) is 0.821. The van der Waals surface area contributed by atoms with Crippen LogP contribution in [0.3, 0.4) is 0 Å². The summed E-state index contributed by atoms with van der Waals surface area (Å²) in [5, 5.41) is 11.8. The molecule has 0 saturated carbocycles. The molecule has 1 aromatic carbocycles. The number of aliphatic carboxylic acids is 1. The van der Waals surface area contributed by atoms with E-state index in [1.54, 1.807) is 0 Å². The number of rotatable bonds is 6. The van der Waals surface area contributed by atoms with Gasteiger partial charge < -0.3 is 10.4 Å². The Kier molecular flexibility index (Phi) is 6.40. The van der Waals surface area contributed by atoms with Crippen LogP contribution in [0.5, 0.6) is 0 Å². The third kappa shape index (κ3) is 6.76. The van der Waals surface area contributed by atoms with Crippen LogP contribution in [-0.4, -0.2) is 23.0 Å². The Balaban J connectivity index is 2.56. The summed E-state index contributed by atoms with van der Waals surface area (Å²) in [6, 6.07) is 7.44. The number of amides is 1. The Morgan fingerprint density at radius 2 is 2.00 bits per heavy atom. The van der Waals surface area contributed by atoms with Crippen LogP contribution >= 0.6 is 15.9 Å². The SMILES string of the molecule is CC(C)(C)C(CC(=O)O)NC(=O)CCc1cccc(Br)c1. The van der Waals surface area contributed by atoms with Crippen molar-refractivity contribution < 1.29 is 14.7 Å². The van der Waals surface area contributed by atoms with Crippen molar-refractivity contribution in [3.8, 4) is 0 Å². The molecule has 1 rings (SSSR count). The number of nitrogens with one attached hydrogen (secondary N) is 1. The van der Waals surface area contributed by atoms with Crippen LogP contribution in [0.4, 0.5) is 0 Å². The molecule has 1 aromatic rings. The number of carboxylic acids is 1. The van der Waals surface area contributed by atoms with Gasteiger partial charge in [-0.1, -0.05) is 48.8 Å². The van der Waals surface area contributed by atoms with Gasteiger partial charge in [-0.05, 0) is 29.5 Å². The third-order valence-corrected chi connectivity index (χ3v) is 3.78. The van der Waals surface area contributed by atoms with Crippen molar-refractivity contribution in [3.05, 3.63) is 34.3 Å². The molecule has 1 unspecified atom stereocenters. The van der Waals surface area contributed by atoms with Crippen molar-refractivity contribution in [2.45, 2.75) is 46.1 Å². The highest BCUT2D eigenvalue weighted by Gasteiger charge is 2.28. The third-order valence-electron chi connectivity index (χ3n) is 3.29. The van der Waals surface area contributed by atoms with Crippen molar-refractivity contribution in [2.75, 3.05) is 0 Å². The van der Waals surface area contributed by atoms with E-state index in [2.05, 4.69) is 21.2 Å². The minimum atomic E-state index is -0.901. The molecule has 1 atom stereocenters. The van der Waals surface area contributed by atoms with Gasteiger partial charge in [0.25, 0.3) is 0 Å². The van der Waals surface area contributed by atoms with Crippen molar-refractivity contribution >= 4 is 27.8 Å². The first kappa shape index (κ1) is 17.7. The lowest BCUT2D eigenvalue weighted by Gasteiger charge is -2.30. The summed E-state index contributed by atoms with van der Waals surface area (Å²) in [6.07, 6.45) is 0.921. The van der Waals surface area contributed by atoms with Gasteiger partial charge in [0.15, 0.2) is 0 Å². The molecule has 0 heterocycles. The molecule has 0 saturated heterocycles. The zero-order chi connectivity index (χ0) is 16.0. The average Bonchev–Trinajstić information content (AvgIpc) is 2.34. The van der Waals surface area contributed by atoms with E-state index in [0.29, 0.717) is 12.8 Å². The Bertz CT molecular complexity index is 508. The van der Waals surface area contributed by atoms with Gasteiger partial charge in [0.05, 0.1) is 6.42 Å². The number of hydrogen-bond donors (Lipinski definition) is 2. The van der Waals surface area contributed by atoms with E-state index in [1.807, 2.05) is 45.0 Å². The van der Waals surface area contributed by atoms with Gasteiger partial charge >= 0.3 is 5.97 Å². The zero-order valence-corrected chi connectivity index (χ0v) is 14.2. The Morgan fingerprint density at radius 3 is 2.52 bits per heavy atom. The normalized spacial score (nSPS) is 12.8. The second-order valence-corrected chi connectivity index (χ2v) is 7.13. The van der Waals surface area contributed by atoms with Gasteiger partial charge in [-0.15, -0.1) is 0 Å². The maximum Gasteiger partial charge on any atom is 0.305 e. The molecule has 0 radical (unpaired) electrons. The molecule has 0 aromatic heterocycles. The van der Waals surface area contributed by atoms with Crippen LogP contribution in [0.1, 0.15) is 39.2 Å². The Morgan fingerprint density at radius 1 is 1.33 bits per heavy atom. The smallest absolute Gasteiger partial charge is 0.305 e. The summed E-state index contributed by atoms with van der Waals surface area (Å²) in [4.78, 5) is 22.9. The molecule has 4 nitrogen and oxygen atoms in total. The molecule has 5 heteroatoms. The Hall–Kier alpha value is -1.36. The summed E-state index contributed by atoms with van der Waals surface area (Å²) < 4.78 is 0.985. The van der Waals surface area contributed by atoms with Crippen LogP contribution in [0.2, 0.25) is 0 Å². The molecule has 0 fully saturated rings. The van der Waals surface area contributed by atoms with Gasteiger partial charge in [0, 0.05) is 16.9 Å². The summed E-state index contributed by atoms with van der Waals surface area (Å²) >= 11 is 3.40. The lowest BCUT2D eigenvalue weighted by Crippen LogP contribution is -2.45. The van der Waals surface area contributed by atoms with Crippen LogP contribution < -0.4 is 5.32 Å². The fourth-order valence-electron chi connectivity index (χ4n) is 1.97. The van der Waals surface area contributed by atoms with E-state index < -0.39 is 5.97 Å². The fraction of sp³-hybridized carbons (Fsp3) is 0.500. The number of carbonyl (C=O) groups is 2. The largest absolute Gasteiger partial charge is 0.481 e. The first-order valence-electron chi connectivity index (χ1n) is 6.94. The highest BCUT2D eigenvalue weighted by molar-refractivity contribution is 9.10. The van der Waals surface area contributed by atoms with E-state index in [1.165, 1.54) is 0 Å². The van der Waals surface area contributed by atoms with E-state index in [-0.39, 0.29) is 23.8 Å². The maximum absolute atomic E-state index is 12.0. The number of benzene rings is 1. The standard InChI is InChI=1S/C16H22BrNO3/c1-16(2,3)13(10-15(20)21)18-14(19)8-7-11-5-4-6-12(17)9-11/h4-6,9,13H,7-8,10H2,1-3H3,(H,18,19)(H,20,21). The van der Waals surface area contributed by atoms with Crippen LogP contribution in [-0.2, 0) is 16.0 Å². The second-order valence-electron chi connectivity index (χ2n) is 6.21. The van der Waals surface area contributed by atoms with Gasteiger partial charge in [0.2, 0.25) is 5.91 Å². The topological polar surface area (TPSA) is 66.4 Å². The molecule has 2 N–H and O–H groups in total. The fourth-order valence-corrected chi connectivity index (χ4v) is 2.41. The van der Waals surface area contributed by atoms with Crippen molar-refractivity contribution in [3.63, 3.8) is 0 Å². The molecule has 0 aliphatic heterocycles. The Labute approximate surface area is 134 Å². The lowest BCUT2D eigenvalue weighted by molar-refractivity contribution is -0.138. The van der Waals surface area contributed by atoms with E-state index in [4.69, 9.17) is 5.11 Å².